The lowest BCUT2D eigenvalue weighted by molar-refractivity contribution is -0.119. The van der Waals surface area contributed by atoms with Gasteiger partial charge in [0.2, 0.25) is 5.91 Å². The lowest BCUT2D eigenvalue weighted by Gasteiger charge is -2.19. The summed E-state index contributed by atoms with van der Waals surface area (Å²) in [6.07, 6.45) is 5.05. The summed E-state index contributed by atoms with van der Waals surface area (Å²) in [4.78, 5) is 19.7. The highest BCUT2D eigenvalue weighted by atomic mass is 16.1. The molecule has 7 heteroatoms. The number of carbonyl (C=O) groups is 1. The van der Waals surface area contributed by atoms with Crippen molar-refractivity contribution >= 4 is 23.2 Å². The largest absolute Gasteiger partial charge is 0.382 e. The molecule has 0 spiro atoms. The van der Waals surface area contributed by atoms with Gasteiger partial charge in [0.1, 0.15) is 11.9 Å². The summed E-state index contributed by atoms with van der Waals surface area (Å²) >= 11 is 0. The Bertz CT molecular complexity index is 576. The number of aromatic nitrogens is 3. The molecule has 5 N–H and O–H groups in total. The Morgan fingerprint density at radius 3 is 2.83 bits per heavy atom. The van der Waals surface area contributed by atoms with Crippen molar-refractivity contribution in [3.63, 3.8) is 0 Å². The normalized spacial score (nSPS) is 12.8. The molecule has 1 atom stereocenters. The van der Waals surface area contributed by atoms with Crippen LogP contribution in [-0.2, 0) is 4.79 Å². The second kappa shape index (κ2) is 4.52. The predicted octanol–water partition coefficient (Wildman–Crippen LogP) is 0.233. The van der Waals surface area contributed by atoms with Crippen LogP contribution in [0.1, 0.15) is 13.8 Å². The second-order valence-corrected chi connectivity index (χ2v) is 4.44. The van der Waals surface area contributed by atoms with Gasteiger partial charge in [0.15, 0.2) is 11.5 Å². The van der Waals surface area contributed by atoms with E-state index in [1.54, 1.807) is 23.0 Å². The lowest BCUT2D eigenvalue weighted by Crippen LogP contribution is -2.40. The number of nitrogen functional groups attached to an aromatic ring is 1. The molecule has 0 aliphatic carbocycles. The molecule has 2 rings (SSSR count). The van der Waals surface area contributed by atoms with Gasteiger partial charge in [-0.3, -0.25) is 4.79 Å². The first-order valence-electron chi connectivity index (χ1n) is 5.64. The Morgan fingerprint density at radius 2 is 2.22 bits per heavy atom. The van der Waals surface area contributed by atoms with Crippen LogP contribution in [0.25, 0.3) is 5.65 Å². The summed E-state index contributed by atoms with van der Waals surface area (Å²) in [6, 6.07) is -0.514. The molecule has 96 valence electrons. The number of primary amides is 1. The Labute approximate surface area is 104 Å². The zero-order chi connectivity index (χ0) is 13.3. The number of carbonyl (C=O) groups excluding carboxylic acids is 1. The molecular weight excluding hydrogens is 232 g/mol. The zero-order valence-electron chi connectivity index (χ0n) is 10.3. The van der Waals surface area contributed by atoms with E-state index in [9.17, 15) is 4.79 Å². The van der Waals surface area contributed by atoms with E-state index in [2.05, 4.69) is 15.3 Å². The van der Waals surface area contributed by atoms with Crippen LogP contribution >= 0.6 is 0 Å². The number of nitrogens with two attached hydrogens (primary N) is 2. The standard InChI is InChI=1S/C11H16N6O/c1-6(2)8(9(13)18)16-10-11-14-3-4-17(11)5-7(12)15-10/h3-6,8H,12H2,1-2H3,(H2,13,18)(H,15,16). The molecule has 0 bridgehead atoms. The second-order valence-electron chi connectivity index (χ2n) is 4.44. The third kappa shape index (κ3) is 2.20. The number of hydrogen-bond donors (Lipinski definition) is 3. The van der Waals surface area contributed by atoms with Gasteiger partial charge in [-0.1, -0.05) is 13.8 Å². The van der Waals surface area contributed by atoms with Gasteiger partial charge >= 0.3 is 0 Å². The first-order valence-corrected chi connectivity index (χ1v) is 5.64. The van der Waals surface area contributed by atoms with Gasteiger partial charge in [-0.2, -0.15) is 0 Å². The molecule has 2 aromatic heterocycles. The molecule has 0 aromatic carbocycles. The van der Waals surface area contributed by atoms with Crippen LogP contribution in [0.5, 0.6) is 0 Å². The summed E-state index contributed by atoms with van der Waals surface area (Å²) in [7, 11) is 0. The molecule has 18 heavy (non-hydrogen) atoms. The van der Waals surface area contributed by atoms with E-state index in [0.29, 0.717) is 17.3 Å². The van der Waals surface area contributed by atoms with Crippen molar-refractivity contribution in [2.75, 3.05) is 11.1 Å². The van der Waals surface area contributed by atoms with E-state index in [-0.39, 0.29) is 5.92 Å². The maximum atomic E-state index is 11.4. The number of amides is 1. The van der Waals surface area contributed by atoms with Gasteiger partial charge in [0.25, 0.3) is 0 Å². The number of fused-ring (bicyclic) bond motifs is 1. The van der Waals surface area contributed by atoms with Crippen molar-refractivity contribution in [3.8, 4) is 0 Å². The quantitative estimate of drug-likeness (QED) is 0.717. The van der Waals surface area contributed by atoms with E-state index < -0.39 is 11.9 Å². The van der Waals surface area contributed by atoms with E-state index in [4.69, 9.17) is 11.5 Å². The fourth-order valence-corrected chi connectivity index (χ4v) is 1.76. The molecule has 0 saturated carbocycles. The number of hydrogen-bond acceptors (Lipinski definition) is 5. The molecule has 7 nitrogen and oxygen atoms in total. The Balaban J connectivity index is 2.41. The first kappa shape index (κ1) is 12.2. The molecule has 0 aliphatic heterocycles. The van der Waals surface area contributed by atoms with Gasteiger partial charge in [-0.05, 0) is 5.92 Å². The average molecular weight is 248 g/mol. The maximum Gasteiger partial charge on any atom is 0.240 e. The van der Waals surface area contributed by atoms with Crippen molar-refractivity contribution in [2.45, 2.75) is 19.9 Å². The van der Waals surface area contributed by atoms with Crippen LogP contribution in [-0.4, -0.2) is 26.3 Å². The van der Waals surface area contributed by atoms with Crippen LogP contribution in [0.3, 0.4) is 0 Å². The molecule has 1 amide bonds. The minimum Gasteiger partial charge on any atom is -0.382 e. The Hall–Kier alpha value is -2.31. The van der Waals surface area contributed by atoms with Crippen LogP contribution < -0.4 is 16.8 Å². The summed E-state index contributed by atoms with van der Waals surface area (Å²) in [5, 5.41) is 3.00. The maximum absolute atomic E-state index is 11.4. The topological polar surface area (TPSA) is 111 Å². The number of nitrogens with one attached hydrogen (secondary N) is 1. The van der Waals surface area contributed by atoms with Crippen LogP contribution in [0, 0.1) is 5.92 Å². The van der Waals surface area contributed by atoms with Crippen molar-refractivity contribution in [3.05, 3.63) is 18.6 Å². The van der Waals surface area contributed by atoms with Gasteiger partial charge in [-0.25, -0.2) is 9.97 Å². The third-order valence-electron chi connectivity index (χ3n) is 2.66. The molecule has 2 aromatic rings. The summed E-state index contributed by atoms with van der Waals surface area (Å²) in [5.74, 6) is 0.409. The average Bonchev–Trinajstić information content (AvgIpc) is 2.72. The highest BCUT2D eigenvalue weighted by Crippen LogP contribution is 2.17. The minimum absolute atomic E-state index is 0.0424. The van der Waals surface area contributed by atoms with E-state index in [1.807, 2.05) is 13.8 Å². The zero-order valence-corrected chi connectivity index (χ0v) is 10.3. The first-order chi connectivity index (χ1) is 8.49. The molecule has 0 aliphatic rings. The van der Waals surface area contributed by atoms with Crippen molar-refractivity contribution in [1.82, 2.24) is 14.4 Å². The van der Waals surface area contributed by atoms with E-state index in [1.165, 1.54) is 0 Å². The van der Waals surface area contributed by atoms with E-state index >= 15 is 0 Å². The Morgan fingerprint density at radius 1 is 1.50 bits per heavy atom. The van der Waals surface area contributed by atoms with Crippen molar-refractivity contribution in [1.29, 1.82) is 0 Å². The molecule has 0 radical (unpaired) electrons. The highest BCUT2D eigenvalue weighted by molar-refractivity contribution is 5.84. The molecule has 1 unspecified atom stereocenters. The summed E-state index contributed by atoms with van der Waals surface area (Å²) in [5.41, 5.74) is 11.7. The van der Waals surface area contributed by atoms with Crippen molar-refractivity contribution in [2.24, 2.45) is 11.7 Å². The van der Waals surface area contributed by atoms with E-state index in [0.717, 1.165) is 0 Å². The van der Waals surface area contributed by atoms with Gasteiger partial charge < -0.3 is 21.2 Å². The fourth-order valence-electron chi connectivity index (χ4n) is 1.76. The van der Waals surface area contributed by atoms with Gasteiger partial charge in [-0.15, -0.1) is 0 Å². The van der Waals surface area contributed by atoms with Crippen LogP contribution in [0.4, 0.5) is 11.6 Å². The van der Waals surface area contributed by atoms with Crippen molar-refractivity contribution < 1.29 is 4.79 Å². The highest BCUT2D eigenvalue weighted by Gasteiger charge is 2.21. The van der Waals surface area contributed by atoms with Crippen LogP contribution in [0.15, 0.2) is 18.6 Å². The molecule has 2 heterocycles. The summed E-state index contributed by atoms with van der Waals surface area (Å²) in [6.45, 7) is 3.80. The number of rotatable bonds is 4. The minimum atomic E-state index is -0.514. The fraction of sp³-hybridized carbons (Fsp3) is 0.364. The smallest absolute Gasteiger partial charge is 0.240 e. The predicted molar refractivity (Wildman–Crippen MR) is 68.8 cm³/mol. The SMILES string of the molecule is CC(C)C(Nc1nc(N)cn2ccnc12)C(N)=O. The number of anilines is 2. The molecule has 0 fully saturated rings. The number of imidazole rings is 1. The molecular formula is C11H16N6O. The van der Waals surface area contributed by atoms with Crippen LogP contribution in [0.2, 0.25) is 0 Å². The Kier molecular flexibility index (Phi) is 3.05. The molecule has 0 saturated heterocycles. The lowest BCUT2D eigenvalue weighted by atomic mass is 10.0. The van der Waals surface area contributed by atoms with Gasteiger partial charge in [0, 0.05) is 12.4 Å². The monoisotopic (exact) mass is 248 g/mol. The third-order valence-corrected chi connectivity index (χ3v) is 2.66. The number of nitrogens with zero attached hydrogens (tertiary/aromatic N) is 3. The van der Waals surface area contributed by atoms with Gasteiger partial charge in [0.05, 0.1) is 6.20 Å². The summed E-state index contributed by atoms with van der Waals surface area (Å²) < 4.78 is 1.74.